The molecule has 3 aromatic carbocycles. The maximum Gasteiger partial charge on any atom is 0.118 e. The summed E-state index contributed by atoms with van der Waals surface area (Å²) in [7, 11) is 1.69. The van der Waals surface area contributed by atoms with E-state index in [1.54, 1.807) is 7.11 Å². The zero-order valence-corrected chi connectivity index (χ0v) is 15.7. The van der Waals surface area contributed by atoms with Gasteiger partial charge in [0.05, 0.1) is 12.7 Å². The maximum atomic E-state index is 11.7. The minimum absolute atomic E-state index is 0.306. The topological polar surface area (TPSA) is 29.5 Å². The molecule has 4 rings (SSSR count). The Morgan fingerprint density at radius 3 is 1.81 bits per heavy atom. The standard InChI is InChI=1S/C25H26O2/c1-27-24-14-12-20(13-15-24)22-16-21(19-8-4-2-5-9-19)17-25(26,18-22)23-10-6-3-7-11-23/h2-15,21-22,26H,16-18H2,1H3. The Morgan fingerprint density at radius 1 is 0.741 bits per heavy atom. The normalized spacial score (nSPS) is 25.1. The van der Waals surface area contributed by atoms with Crippen LogP contribution in [0.2, 0.25) is 0 Å². The first-order valence-electron chi connectivity index (χ1n) is 9.65. The number of hydrogen-bond acceptors (Lipinski definition) is 2. The van der Waals surface area contributed by atoms with E-state index in [0.29, 0.717) is 11.8 Å². The molecule has 0 spiro atoms. The van der Waals surface area contributed by atoms with Crippen LogP contribution >= 0.6 is 0 Å². The molecule has 138 valence electrons. The van der Waals surface area contributed by atoms with E-state index in [4.69, 9.17) is 4.74 Å². The molecule has 1 saturated carbocycles. The molecule has 3 unspecified atom stereocenters. The monoisotopic (exact) mass is 358 g/mol. The van der Waals surface area contributed by atoms with Gasteiger partial charge in [-0.05, 0) is 59.9 Å². The summed E-state index contributed by atoms with van der Waals surface area (Å²) in [6, 6.07) is 29.1. The molecule has 0 aromatic heterocycles. The Kier molecular flexibility index (Phi) is 5.00. The molecule has 2 nitrogen and oxygen atoms in total. The lowest BCUT2D eigenvalue weighted by Crippen LogP contribution is -2.35. The minimum atomic E-state index is -0.815. The van der Waals surface area contributed by atoms with Gasteiger partial charge in [0, 0.05) is 0 Å². The molecule has 1 aliphatic carbocycles. The van der Waals surface area contributed by atoms with Crippen molar-refractivity contribution >= 4 is 0 Å². The largest absolute Gasteiger partial charge is 0.497 e. The fourth-order valence-electron chi connectivity index (χ4n) is 4.50. The van der Waals surface area contributed by atoms with E-state index in [9.17, 15) is 5.11 Å². The molecule has 3 atom stereocenters. The Balaban J connectivity index is 1.70. The summed E-state index contributed by atoms with van der Waals surface area (Å²) in [6.07, 6.45) is 2.55. The van der Waals surface area contributed by atoms with Crippen LogP contribution in [0.4, 0.5) is 0 Å². The molecule has 1 fully saturated rings. The molecule has 0 amide bonds. The first-order valence-corrected chi connectivity index (χ1v) is 9.65. The molecular weight excluding hydrogens is 332 g/mol. The van der Waals surface area contributed by atoms with Crippen molar-refractivity contribution in [1.29, 1.82) is 0 Å². The van der Waals surface area contributed by atoms with Crippen LogP contribution in [0.25, 0.3) is 0 Å². The van der Waals surface area contributed by atoms with Gasteiger partial charge in [-0.15, -0.1) is 0 Å². The second kappa shape index (κ2) is 7.58. The molecule has 0 heterocycles. The maximum absolute atomic E-state index is 11.7. The summed E-state index contributed by atoms with van der Waals surface area (Å²) in [5.74, 6) is 1.50. The molecule has 1 N–H and O–H groups in total. The first-order chi connectivity index (χ1) is 13.2. The van der Waals surface area contributed by atoms with Crippen molar-refractivity contribution in [2.45, 2.75) is 36.7 Å². The molecule has 3 aromatic rings. The third-order valence-electron chi connectivity index (χ3n) is 5.91. The molecule has 1 aliphatic rings. The van der Waals surface area contributed by atoms with Gasteiger partial charge in [-0.2, -0.15) is 0 Å². The van der Waals surface area contributed by atoms with E-state index in [-0.39, 0.29) is 0 Å². The highest BCUT2D eigenvalue weighted by Crippen LogP contribution is 2.50. The Hall–Kier alpha value is -2.58. The van der Waals surface area contributed by atoms with Crippen molar-refractivity contribution in [2.75, 3.05) is 7.11 Å². The lowest BCUT2D eigenvalue weighted by atomic mass is 9.66. The summed E-state index contributed by atoms with van der Waals surface area (Å²) >= 11 is 0. The smallest absolute Gasteiger partial charge is 0.118 e. The van der Waals surface area contributed by atoms with E-state index in [1.165, 1.54) is 11.1 Å². The lowest BCUT2D eigenvalue weighted by Gasteiger charge is -2.42. The van der Waals surface area contributed by atoms with E-state index < -0.39 is 5.60 Å². The Labute approximate surface area is 161 Å². The Morgan fingerprint density at radius 2 is 1.26 bits per heavy atom. The molecule has 0 radical (unpaired) electrons. The van der Waals surface area contributed by atoms with Crippen molar-refractivity contribution in [3.8, 4) is 5.75 Å². The fourth-order valence-corrected chi connectivity index (χ4v) is 4.50. The zero-order valence-electron chi connectivity index (χ0n) is 15.7. The van der Waals surface area contributed by atoms with Crippen LogP contribution in [-0.4, -0.2) is 12.2 Å². The van der Waals surface area contributed by atoms with E-state index in [1.807, 2.05) is 30.3 Å². The van der Waals surface area contributed by atoms with Crippen molar-refractivity contribution in [2.24, 2.45) is 0 Å². The van der Waals surface area contributed by atoms with Gasteiger partial charge >= 0.3 is 0 Å². The van der Waals surface area contributed by atoms with Crippen molar-refractivity contribution in [3.05, 3.63) is 102 Å². The fraction of sp³-hybridized carbons (Fsp3) is 0.280. The summed E-state index contributed by atoms with van der Waals surface area (Å²) in [5.41, 5.74) is 2.78. The quantitative estimate of drug-likeness (QED) is 0.654. The minimum Gasteiger partial charge on any atom is -0.497 e. The molecule has 2 heteroatoms. The van der Waals surface area contributed by atoms with Crippen LogP contribution in [0, 0.1) is 0 Å². The Bertz CT molecular complexity index is 858. The number of methoxy groups -OCH3 is 1. The highest BCUT2D eigenvalue weighted by atomic mass is 16.5. The number of rotatable bonds is 4. The van der Waals surface area contributed by atoms with Crippen LogP contribution < -0.4 is 4.74 Å². The summed E-state index contributed by atoms with van der Waals surface area (Å²) in [5, 5.41) is 11.7. The van der Waals surface area contributed by atoms with Crippen molar-refractivity contribution in [1.82, 2.24) is 0 Å². The van der Waals surface area contributed by atoms with Crippen LogP contribution in [0.3, 0.4) is 0 Å². The highest BCUT2D eigenvalue weighted by molar-refractivity contribution is 5.34. The van der Waals surface area contributed by atoms with Crippen LogP contribution in [0.15, 0.2) is 84.9 Å². The first kappa shape index (κ1) is 17.8. The van der Waals surface area contributed by atoms with Gasteiger partial charge in [0.15, 0.2) is 0 Å². The number of ether oxygens (including phenoxy) is 1. The SMILES string of the molecule is COc1ccc(C2CC(c3ccccc3)CC(O)(c3ccccc3)C2)cc1. The second-order valence-electron chi connectivity index (χ2n) is 7.62. The van der Waals surface area contributed by atoms with Crippen molar-refractivity contribution in [3.63, 3.8) is 0 Å². The number of benzene rings is 3. The molecule has 27 heavy (non-hydrogen) atoms. The predicted octanol–water partition coefficient (Wildman–Crippen LogP) is 5.63. The van der Waals surface area contributed by atoms with Gasteiger partial charge in [-0.1, -0.05) is 72.8 Å². The molecule has 0 bridgehead atoms. The van der Waals surface area contributed by atoms with E-state index >= 15 is 0 Å². The van der Waals surface area contributed by atoms with E-state index in [2.05, 4.69) is 54.6 Å². The average Bonchev–Trinajstić information content (AvgIpc) is 2.75. The van der Waals surface area contributed by atoms with E-state index in [0.717, 1.165) is 30.6 Å². The third-order valence-corrected chi connectivity index (χ3v) is 5.91. The predicted molar refractivity (Wildman–Crippen MR) is 109 cm³/mol. The summed E-state index contributed by atoms with van der Waals surface area (Å²) in [4.78, 5) is 0. The summed E-state index contributed by atoms with van der Waals surface area (Å²) in [6.45, 7) is 0. The second-order valence-corrected chi connectivity index (χ2v) is 7.62. The van der Waals surface area contributed by atoms with Gasteiger partial charge in [0.1, 0.15) is 5.75 Å². The molecular formula is C25H26O2. The number of aliphatic hydroxyl groups is 1. The lowest BCUT2D eigenvalue weighted by molar-refractivity contribution is -0.0164. The average molecular weight is 358 g/mol. The third kappa shape index (κ3) is 3.77. The van der Waals surface area contributed by atoms with Crippen LogP contribution in [0.1, 0.15) is 47.8 Å². The summed E-state index contributed by atoms with van der Waals surface area (Å²) < 4.78 is 5.31. The van der Waals surface area contributed by atoms with Crippen LogP contribution in [0.5, 0.6) is 5.75 Å². The van der Waals surface area contributed by atoms with Gasteiger partial charge < -0.3 is 9.84 Å². The van der Waals surface area contributed by atoms with Gasteiger partial charge in [-0.3, -0.25) is 0 Å². The van der Waals surface area contributed by atoms with Crippen molar-refractivity contribution < 1.29 is 9.84 Å². The molecule has 0 saturated heterocycles. The highest BCUT2D eigenvalue weighted by Gasteiger charge is 2.41. The zero-order chi connectivity index (χ0) is 18.7. The van der Waals surface area contributed by atoms with Crippen LogP contribution in [-0.2, 0) is 5.60 Å². The van der Waals surface area contributed by atoms with Gasteiger partial charge in [0.25, 0.3) is 0 Å². The van der Waals surface area contributed by atoms with Gasteiger partial charge in [0.2, 0.25) is 0 Å². The number of hydrogen-bond donors (Lipinski definition) is 1. The van der Waals surface area contributed by atoms with Gasteiger partial charge in [-0.25, -0.2) is 0 Å². The molecule has 0 aliphatic heterocycles.